The molecule has 0 spiro atoms. The van der Waals surface area contributed by atoms with Crippen molar-refractivity contribution in [2.75, 3.05) is 0 Å². The third kappa shape index (κ3) is 2.18. The number of halogens is 2. The van der Waals surface area contributed by atoms with Gasteiger partial charge in [0.2, 0.25) is 0 Å². The first-order chi connectivity index (χ1) is 7.28. The number of rotatable bonds is 3. The van der Waals surface area contributed by atoms with Gasteiger partial charge in [0.1, 0.15) is 11.9 Å². The highest BCUT2D eigenvalue weighted by atomic mass is 35.5. The molecule has 0 amide bonds. The second kappa shape index (κ2) is 4.39. The molecule has 16 heavy (non-hydrogen) atoms. The highest BCUT2D eigenvalue weighted by Crippen LogP contribution is 2.31. The summed E-state index contributed by atoms with van der Waals surface area (Å²) in [5.74, 6) is -1.80. The summed E-state index contributed by atoms with van der Waals surface area (Å²) in [7, 11) is 0. The molecule has 1 aromatic carbocycles. The van der Waals surface area contributed by atoms with Crippen LogP contribution in [-0.4, -0.2) is 17.1 Å². The van der Waals surface area contributed by atoms with Gasteiger partial charge in [0.15, 0.2) is 0 Å². The lowest BCUT2D eigenvalue weighted by molar-refractivity contribution is -0.140. The van der Waals surface area contributed by atoms with Gasteiger partial charge < -0.3 is 10.8 Å². The van der Waals surface area contributed by atoms with E-state index in [1.54, 1.807) is 19.9 Å². The molecule has 3 N–H and O–H groups in total. The number of carbonyl (C=O) groups is 1. The van der Waals surface area contributed by atoms with E-state index in [0.717, 1.165) is 0 Å². The van der Waals surface area contributed by atoms with Crippen LogP contribution in [0, 0.1) is 5.82 Å². The number of nitrogens with two attached hydrogens (primary N) is 1. The van der Waals surface area contributed by atoms with Crippen LogP contribution in [0.5, 0.6) is 0 Å². The lowest BCUT2D eigenvalue weighted by Crippen LogP contribution is -2.47. The minimum Gasteiger partial charge on any atom is -0.480 e. The first kappa shape index (κ1) is 12.9. The van der Waals surface area contributed by atoms with Crippen LogP contribution in [0.25, 0.3) is 0 Å². The summed E-state index contributed by atoms with van der Waals surface area (Å²) in [5.41, 5.74) is 4.71. The topological polar surface area (TPSA) is 63.3 Å². The van der Waals surface area contributed by atoms with Crippen molar-refractivity contribution >= 4 is 17.6 Å². The molecular formula is C11H13ClFNO2. The molecule has 88 valence electrons. The van der Waals surface area contributed by atoms with Crippen LogP contribution in [0.15, 0.2) is 18.2 Å². The smallest absolute Gasteiger partial charge is 0.321 e. The van der Waals surface area contributed by atoms with E-state index in [1.165, 1.54) is 12.1 Å². The van der Waals surface area contributed by atoms with Crippen molar-refractivity contribution in [1.29, 1.82) is 0 Å². The molecule has 0 aliphatic rings. The summed E-state index contributed by atoms with van der Waals surface area (Å²) in [4.78, 5) is 10.8. The predicted molar refractivity (Wildman–Crippen MR) is 60.0 cm³/mol. The molecule has 0 saturated carbocycles. The van der Waals surface area contributed by atoms with E-state index in [-0.39, 0.29) is 10.6 Å². The van der Waals surface area contributed by atoms with Gasteiger partial charge in [0, 0.05) is 5.41 Å². The van der Waals surface area contributed by atoms with Crippen molar-refractivity contribution in [3.8, 4) is 0 Å². The molecular weight excluding hydrogens is 233 g/mol. The minimum atomic E-state index is -1.19. The quantitative estimate of drug-likeness (QED) is 0.858. The van der Waals surface area contributed by atoms with Crippen LogP contribution in [0.4, 0.5) is 4.39 Å². The van der Waals surface area contributed by atoms with Crippen molar-refractivity contribution in [1.82, 2.24) is 0 Å². The average molecular weight is 246 g/mol. The third-order valence-corrected chi connectivity index (χ3v) is 2.98. The Labute approximate surface area is 98.0 Å². The second-order valence-corrected chi connectivity index (χ2v) is 4.55. The van der Waals surface area contributed by atoms with Crippen LogP contribution >= 0.6 is 11.6 Å². The maximum atomic E-state index is 13.7. The van der Waals surface area contributed by atoms with E-state index in [1.807, 2.05) is 0 Å². The molecule has 1 aromatic rings. The molecule has 0 bridgehead atoms. The summed E-state index contributed by atoms with van der Waals surface area (Å²) in [6.07, 6.45) is 0. The van der Waals surface area contributed by atoms with Gasteiger partial charge in [0.05, 0.1) is 5.02 Å². The van der Waals surface area contributed by atoms with Gasteiger partial charge in [-0.25, -0.2) is 4.39 Å². The van der Waals surface area contributed by atoms with Gasteiger partial charge in [-0.1, -0.05) is 37.6 Å². The first-order valence-corrected chi connectivity index (χ1v) is 5.09. The summed E-state index contributed by atoms with van der Waals surface area (Å²) in [5, 5.41) is 8.82. The van der Waals surface area contributed by atoms with Crippen LogP contribution in [-0.2, 0) is 10.2 Å². The normalized spacial score (nSPS) is 13.6. The van der Waals surface area contributed by atoms with Gasteiger partial charge >= 0.3 is 5.97 Å². The largest absolute Gasteiger partial charge is 0.480 e. The SMILES string of the molecule is CC(C)(c1cccc(Cl)c1F)C(N)C(=O)O. The van der Waals surface area contributed by atoms with E-state index in [2.05, 4.69) is 0 Å². The van der Waals surface area contributed by atoms with E-state index in [4.69, 9.17) is 22.4 Å². The fourth-order valence-electron chi connectivity index (χ4n) is 1.48. The average Bonchev–Trinajstić information content (AvgIpc) is 2.20. The van der Waals surface area contributed by atoms with Gasteiger partial charge in [0.25, 0.3) is 0 Å². The maximum Gasteiger partial charge on any atom is 0.321 e. The zero-order valence-corrected chi connectivity index (χ0v) is 9.75. The molecule has 0 aliphatic heterocycles. The predicted octanol–water partition coefficient (Wildman–Crippen LogP) is 2.17. The number of carboxylic acid groups (broad SMARTS) is 1. The Bertz CT molecular complexity index is 420. The molecule has 0 aromatic heterocycles. The van der Waals surface area contributed by atoms with E-state index in [0.29, 0.717) is 0 Å². The van der Waals surface area contributed by atoms with Crippen molar-refractivity contribution < 1.29 is 14.3 Å². The fourth-order valence-corrected chi connectivity index (χ4v) is 1.65. The summed E-state index contributed by atoms with van der Waals surface area (Å²) in [6.45, 7) is 3.14. The monoisotopic (exact) mass is 245 g/mol. The molecule has 0 saturated heterocycles. The fraction of sp³-hybridized carbons (Fsp3) is 0.364. The molecule has 3 nitrogen and oxygen atoms in total. The van der Waals surface area contributed by atoms with Gasteiger partial charge in [-0.2, -0.15) is 0 Å². The van der Waals surface area contributed by atoms with E-state index < -0.39 is 23.2 Å². The molecule has 0 radical (unpaired) electrons. The third-order valence-electron chi connectivity index (χ3n) is 2.69. The van der Waals surface area contributed by atoms with Crippen molar-refractivity contribution in [3.05, 3.63) is 34.6 Å². The van der Waals surface area contributed by atoms with Crippen LogP contribution in [0.2, 0.25) is 5.02 Å². The Balaban J connectivity index is 3.26. The minimum absolute atomic E-state index is 0.0387. The maximum absolute atomic E-state index is 13.7. The van der Waals surface area contributed by atoms with Crippen LogP contribution in [0.1, 0.15) is 19.4 Å². The molecule has 0 fully saturated rings. The van der Waals surface area contributed by atoms with E-state index >= 15 is 0 Å². The number of carboxylic acids is 1. The lowest BCUT2D eigenvalue weighted by Gasteiger charge is -2.29. The van der Waals surface area contributed by atoms with Crippen molar-refractivity contribution in [2.24, 2.45) is 5.73 Å². The van der Waals surface area contributed by atoms with Crippen molar-refractivity contribution in [3.63, 3.8) is 0 Å². The van der Waals surface area contributed by atoms with Crippen molar-refractivity contribution in [2.45, 2.75) is 25.3 Å². The van der Waals surface area contributed by atoms with Gasteiger partial charge in [-0.3, -0.25) is 4.79 Å². The van der Waals surface area contributed by atoms with E-state index in [9.17, 15) is 9.18 Å². The summed E-state index contributed by atoms with van der Waals surface area (Å²) < 4.78 is 13.7. The summed E-state index contributed by atoms with van der Waals surface area (Å²) >= 11 is 5.64. The highest BCUT2D eigenvalue weighted by molar-refractivity contribution is 6.30. The molecule has 0 heterocycles. The lowest BCUT2D eigenvalue weighted by atomic mass is 9.78. The van der Waals surface area contributed by atoms with Crippen LogP contribution in [0.3, 0.4) is 0 Å². The first-order valence-electron chi connectivity index (χ1n) is 4.71. The number of benzene rings is 1. The second-order valence-electron chi connectivity index (χ2n) is 4.14. The highest BCUT2D eigenvalue weighted by Gasteiger charge is 2.36. The molecule has 5 heteroatoms. The van der Waals surface area contributed by atoms with Gasteiger partial charge in [-0.05, 0) is 11.6 Å². The van der Waals surface area contributed by atoms with Gasteiger partial charge in [-0.15, -0.1) is 0 Å². The Hall–Kier alpha value is -1.13. The Morgan fingerprint density at radius 1 is 1.56 bits per heavy atom. The Morgan fingerprint density at radius 3 is 2.62 bits per heavy atom. The molecule has 1 unspecified atom stereocenters. The Kier molecular flexibility index (Phi) is 3.55. The Morgan fingerprint density at radius 2 is 2.12 bits per heavy atom. The molecule has 0 aliphatic carbocycles. The number of aliphatic carboxylic acids is 1. The standard InChI is InChI=1S/C11H13ClFNO2/c1-11(2,9(14)10(15)16)6-4-3-5-7(12)8(6)13/h3-5,9H,14H2,1-2H3,(H,15,16). The van der Waals surface area contributed by atoms with Crippen LogP contribution < -0.4 is 5.73 Å². The zero-order valence-electron chi connectivity index (χ0n) is 9.00. The molecule has 1 rings (SSSR count). The zero-order chi connectivity index (χ0) is 12.5. The number of hydrogen-bond acceptors (Lipinski definition) is 2. The molecule has 1 atom stereocenters. The number of hydrogen-bond donors (Lipinski definition) is 2. The summed E-state index contributed by atoms with van der Waals surface area (Å²) in [6, 6.07) is 3.27.